The van der Waals surface area contributed by atoms with E-state index in [0.717, 1.165) is 31.7 Å². The fraction of sp³-hybridized carbons (Fsp3) is 0.400. The van der Waals surface area contributed by atoms with E-state index in [1.54, 1.807) is 6.33 Å². The molecule has 1 aromatic carbocycles. The highest BCUT2D eigenvalue weighted by atomic mass is 16.5. The Bertz CT molecular complexity index is 536. The van der Waals surface area contributed by atoms with Crippen LogP contribution in [0.3, 0.4) is 0 Å². The van der Waals surface area contributed by atoms with Gasteiger partial charge < -0.3 is 15.0 Å². The second-order valence-electron chi connectivity index (χ2n) is 4.97. The molecule has 0 bridgehead atoms. The summed E-state index contributed by atoms with van der Waals surface area (Å²) in [7, 11) is 0. The molecule has 4 heteroatoms. The summed E-state index contributed by atoms with van der Waals surface area (Å²) in [5.74, 6) is 1.05. The zero-order valence-electron chi connectivity index (χ0n) is 11.1. The highest BCUT2D eigenvalue weighted by Crippen LogP contribution is 2.27. The number of rotatable bonds is 5. The molecule has 100 valence electrons. The van der Waals surface area contributed by atoms with E-state index in [1.165, 1.54) is 16.8 Å². The molecule has 0 aliphatic carbocycles. The Balaban J connectivity index is 1.56. The second-order valence-corrected chi connectivity index (χ2v) is 4.97. The predicted octanol–water partition coefficient (Wildman–Crippen LogP) is 2.24. The van der Waals surface area contributed by atoms with Crippen molar-refractivity contribution in [1.29, 1.82) is 0 Å². The van der Waals surface area contributed by atoms with Crippen molar-refractivity contribution in [1.82, 2.24) is 15.3 Å². The van der Waals surface area contributed by atoms with E-state index >= 15 is 0 Å². The number of ether oxygens (including phenoxy) is 1. The van der Waals surface area contributed by atoms with Gasteiger partial charge >= 0.3 is 0 Å². The molecule has 2 N–H and O–H groups in total. The van der Waals surface area contributed by atoms with Crippen molar-refractivity contribution in [3.8, 4) is 5.75 Å². The Morgan fingerprint density at radius 1 is 1.47 bits per heavy atom. The molecule has 0 spiro atoms. The van der Waals surface area contributed by atoms with Crippen LogP contribution in [0, 0.1) is 0 Å². The van der Waals surface area contributed by atoms with Gasteiger partial charge in [0.2, 0.25) is 0 Å². The summed E-state index contributed by atoms with van der Waals surface area (Å²) in [4.78, 5) is 7.14. The molecule has 1 aromatic heterocycles. The summed E-state index contributed by atoms with van der Waals surface area (Å²) in [5.41, 5.74) is 3.83. The summed E-state index contributed by atoms with van der Waals surface area (Å²) in [6.07, 6.45) is 5.60. The van der Waals surface area contributed by atoms with Gasteiger partial charge in [-0.25, -0.2) is 4.98 Å². The lowest BCUT2D eigenvalue weighted by Crippen LogP contribution is -2.21. The van der Waals surface area contributed by atoms with Gasteiger partial charge in [-0.2, -0.15) is 0 Å². The minimum absolute atomic E-state index is 0.355. The number of nitrogens with zero attached hydrogens (tertiary/aromatic N) is 1. The average Bonchev–Trinajstić information content (AvgIpc) is 3.08. The van der Waals surface area contributed by atoms with Crippen molar-refractivity contribution in [2.45, 2.75) is 25.8 Å². The molecule has 0 saturated heterocycles. The van der Waals surface area contributed by atoms with E-state index in [9.17, 15) is 0 Å². The van der Waals surface area contributed by atoms with Gasteiger partial charge in [0, 0.05) is 37.3 Å². The first-order valence-corrected chi connectivity index (χ1v) is 6.79. The molecular formula is C15H19N3O. The second kappa shape index (κ2) is 5.45. The third-order valence-corrected chi connectivity index (χ3v) is 3.61. The van der Waals surface area contributed by atoms with Crippen LogP contribution in [0.1, 0.15) is 29.8 Å². The van der Waals surface area contributed by atoms with Crippen molar-refractivity contribution < 1.29 is 4.74 Å². The van der Waals surface area contributed by atoms with Gasteiger partial charge in [-0.1, -0.05) is 12.1 Å². The van der Waals surface area contributed by atoms with Gasteiger partial charge in [-0.15, -0.1) is 0 Å². The Morgan fingerprint density at radius 3 is 3.26 bits per heavy atom. The maximum absolute atomic E-state index is 5.53. The van der Waals surface area contributed by atoms with Crippen LogP contribution in [0.4, 0.5) is 0 Å². The van der Waals surface area contributed by atoms with Crippen molar-refractivity contribution in [3.05, 3.63) is 47.5 Å². The molecule has 19 heavy (non-hydrogen) atoms. The van der Waals surface area contributed by atoms with E-state index in [-0.39, 0.29) is 0 Å². The van der Waals surface area contributed by atoms with Crippen molar-refractivity contribution in [2.75, 3.05) is 13.2 Å². The smallest absolute Gasteiger partial charge is 0.122 e. The molecule has 1 unspecified atom stereocenters. The first kappa shape index (κ1) is 12.2. The fourth-order valence-electron chi connectivity index (χ4n) is 2.44. The predicted molar refractivity (Wildman–Crippen MR) is 74.4 cm³/mol. The molecule has 0 fully saturated rings. The van der Waals surface area contributed by atoms with Crippen molar-refractivity contribution >= 4 is 0 Å². The van der Waals surface area contributed by atoms with Crippen LogP contribution in [0.15, 0.2) is 30.7 Å². The molecule has 1 aliphatic heterocycles. The van der Waals surface area contributed by atoms with Crippen LogP contribution >= 0.6 is 0 Å². The first-order valence-electron chi connectivity index (χ1n) is 6.79. The lowest BCUT2D eigenvalue weighted by atomic mass is 10.0. The molecule has 2 heterocycles. The number of hydrogen-bond acceptors (Lipinski definition) is 3. The highest BCUT2D eigenvalue weighted by Gasteiger charge is 2.14. The molecule has 0 amide bonds. The molecule has 0 radical (unpaired) electrons. The van der Waals surface area contributed by atoms with Crippen LogP contribution in [0.25, 0.3) is 0 Å². The van der Waals surface area contributed by atoms with Gasteiger partial charge in [0.15, 0.2) is 0 Å². The first-order chi connectivity index (χ1) is 9.33. The number of benzene rings is 1. The topological polar surface area (TPSA) is 49.9 Å². The normalized spacial score (nSPS) is 15.0. The molecule has 1 atom stereocenters. The van der Waals surface area contributed by atoms with E-state index < -0.39 is 0 Å². The third kappa shape index (κ3) is 2.79. The molecular weight excluding hydrogens is 238 g/mol. The standard InChI is InChI=1S/C15H19N3O/c1-11(17-6-4-14-9-16-10-18-14)12-2-3-15-13(8-12)5-7-19-15/h2-3,8-11,17H,4-7H2,1H3,(H,16,18). The minimum atomic E-state index is 0.355. The lowest BCUT2D eigenvalue weighted by molar-refractivity contribution is 0.356. The average molecular weight is 257 g/mol. The van der Waals surface area contributed by atoms with Crippen LogP contribution in [0.5, 0.6) is 5.75 Å². The largest absolute Gasteiger partial charge is 0.493 e. The Morgan fingerprint density at radius 2 is 2.42 bits per heavy atom. The monoisotopic (exact) mass is 257 g/mol. The SMILES string of the molecule is CC(NCCc1cnc[nH]1)c1ccc2c(c1)CCO2. The van der Waals surface area contributed by atoms with Gasteiger partial charge in [0.25, 0.3) is 0 Å². The van der Waals surface area contributed by atoms with E-state index in [1.807, 2.05) is 6.20 Å². The third-order valence-electron chi connectivity index (χ3n) is 3.61. The van der Waals surface area contributed by atoms with Crippen LogP contribution < -0.4 is 10.1 Å². The van der Waals surface area contributed by atoms with Gasteiger partial charge in [0.1, 0.15) is 5.75 Å². The Kier molecular flexibility index (Phi) is 3.51. The van der Waals surface area contributed by atoms with Gasteiger partial charge in [-0.05, 0) is 24.1 Å². The zero-order chi connectivity index (χ0) is 13.1. The number of aromatic nitrogens is 2. The summed E-state index contributed by atoms with van der Waals surface area (Å²) < 4.78 is 5.53. The van der Waals surface area contributed by atoms with E-state index in [4.69, 9.17) is 4.74 Å². The molecule has 3 rings (SSSR count). The van der Waals surface area contributed by atoms with Crippen LogP contribution in [0.2, 0.25) is 0 Å². The van der Waals surface area contributed by atoms with Crippen molar-refractivity contribution in [3.63, 3.8) is 0 Å². The number of hydrogen-bond donors (Lipinski definition) is 2. The maximum atomic E-state index is 5.53. The van der Waals surface area contributed by atoms with Gasteiger partial charge in [-0.3, -0.25) is 0 Å². The van der Waals surface area contributed by atoms with Gasteiger partial charge in [0.05, 0.1) is 12.9 Å². The molecule has 4 nitrogen and oxygen atoms in total. The number of imidazole rings is 1. The maximum Gasteiger partial charge on any atom is 0.122 e. The van der Waals surface area contributed by atoms with E-state index in [0.29, 0.717) is 6.04 Å². The van der Waals surface area contributed by atoms with Crippen LogP contribution in [-0.4, -0.2) is 23.1 Å². The van der Waals surface area contributed by atoms with E-state index in [2.05, 4.69) is 40.4 Å². The zero-order valence-corrected chi connectivity index (χ0v) is 11.1. The molecule has 2 aromatic rings. The quantitative estimate of drug-likeness (QED) is 0.863. The minimum Gasteiger partial charge on any atom is -0.493 e. The molecule has 0 saturated carbocycles. The highest BCUT2D eigenvalue weighted by molar-refractivity contribution is 5.40. The fourth-order valence-corrected chi connectivity index (χ4v) is 2.44. The number of fused-ring (bicyclic) bond motifs is 1. The summed E-state index contributed by atoms with van der Waals surface area (Å²) in [6, 6.07) is 6.85. The number of nitrogens with one attached hydrogen (secondary N) is 2. The number of aromatic amines is 1. The Labute approximate surface area is 113 Å². The Hall–Kier alpha value is -1.81. The number of H-pyrrole nitrogens is 1. The summed E-state index contributed by atoms with van der Waals surface area (Å²) >= 11 is 0. The summed E-state index contributed by atoms with van der Waals surface area (Å²) in [6.45, 7) is 3.96. The van der Waals surface area contributed by atoms with Crippen molar-refractivity contribution in [2.24, 2.45) is 0 Å². The summed E-state index contributed by atoms with van der Waals surface area (Å²) in [5, 5.41) is 3.54. The molecule has 1 aliphatic rings. The lowest BCUT2D eigenvalue weighted by Gasteiger charge is -2.14. The van der Waals surface area contributed by atoms with Crippen LogP contribution in [-0.2, 0) is 12.8 Å².